The molecule has 3 heteroatoms. The van der Waals surface area contributed by atoms with Crippen LogP contribution in [0.15, 0.2) is 36.9 Å². The van der Waals surface area contributed by atoms with E-state index in [9.17, 15) is 4.79 Å². The predicted molar refractivity (Wildman–Crippen MR) is 74.8 cm³/mol. The highest BCUT2D eigenvalue weighted by molar-refractivity contribution is 5.78. The number of nitrogens with one attached hydrogen (secondary N) is 1. The standard InChI is InChI=1S/C15H21NO2/c1-4-11-16-13-9-7-12(8-10-13)14(5-2)15(17)18-6-3/h4,7-10,14,16H,1,5-6,11H2,2-3H3. The second kappa shape index (κ2) is 7.54. The maximum Gasteiger partial charge on any atom is 0.313 e. The van der Waals surface area contributed by atoms with Gasteiger partial charge < -0.3 is 10.1 Å². The van der Waals surface area contributed by atoms with Crippen molar-refractivity contribution >= 4 is 11.7 Å². The number of hydrogen-bond acceptors (Lipinski definition) is 3. The molecule has 1 atom stereocenters. The molecular formula is C15H21NO2. The number of carbonyl (C=O) groups is 1. The van der Waals surface area contributed by atoms with Crippen LogP contribution in [0.2, 0.25) is 0 Å². The number of carbonyl (C=O) groups excluding carboxylic acids is 1. The maximum atomic E-state index is 11.8. The van der Waals surface area contributed by atoms with Crippen molar-refractivity contribution in [2.75, 3.05) is 18.5 Å². The summed E-state index contributed by atoms with van der Waals surface area (Å²) in [5.41, 5.74) is 2.03. The molecule has 0 fully saturated rings. The lowest BCUT2D eigenvalue weighted by Crippen LogP contribution is -2.15. The first-order valence-corrected chi connectivity index (χ1v) is 6.34. The monoisotopic (exact) mass is 247 g/mol. The largest absolute Gasteiger partial charge is 0.466 e. The fourth-order valence-electron chi connectivity index (χ4n) is 1.80. The lowest BCUT2D eigenvalue weighted by atomic mass is 9.96. The topological polar surface area (TPSA) is 38.3 Å². The third-order valence-electron chi connectivity index (χ3n) is 2.74. The third-order valence-corrected chi connectivity index (χ3v) is 2.74. The summed E-state index contributed by atoms with van der Waals surface area (Å²) in [6, 6.07) is 7.88. The molecule has 0 saturated heterocycles. The number of hydrogen-bond donors (Lipinski definition) is 1. The highest BCUT2D eigenvalue weighted by Crippen LogP contribution is 2.22. The Morgan fingerprint density at radius 2 is 2.06 bits per heavy atom. The Balaban J connectivity index is 2.75. The Labute approximate surface area is 109 Å². The van der Waals surface area contributed by atoms with Gasteiger partial charge in [-0.15, -0.1) is 6.58 Å². The molecule has 0 aliphatic heterocycles. The normalized spacial score (nSPS) is 11.7. The average Bonchev–Trinajstić information content (AvgIpc) is 2.39. The Bertz CT molecular complexity index is 384. The number of benzene rings is 1. The first kappa shape index (κ1) is 14.3. The Morgan fingerprint density at radius 3 is 2.56 bits per heavy atom. The molecule has 1 aromatic rings. The Morgan fingerprint density at radius 1 is 1.39 bits per heavy atom. The molecule has 1 rings (SSSR count). The summed E-state index contributed by atoms with van der Waals surface area (Å²) in [6.07, 6.45) is 2.56. The molecule has 0 bridgehead atoms. The van der Waals surface area contributed by atoms with Crippen LogP contribution in [0.4, 0.5) is 5.69 Å². The average molecular weight is 247 g/mol. The van der Waals surface area contributed by atoms with E-state index >= 15 is 0 Å². The predicted octanol–water partition coefficient (Wildman–Crippen LogP) is 3.34. The van der Waals surface area contributed by atoms with Gasteiger partial charge in [0.15, 0.2) is 0 Å². The van der Waals surface area contributed by atoms with E-state index < -0.39 is 0 Å². The van der Waals surface area contributed by atoms with Gasteiger partial charge in [-0.1, -0.05) is 25.1 Å². The van der Waals surface area contributed by atoms with Gasteiger partial charge in [0, 0.05) is 12.2 Å². The SMILES string of the molecule is C=CCNc1ccc(C(CC)C(=O)OCC)cc1. The summed E-state index contributed by atoms with van der Waals surface area (Å²) in [4.78, 5) is 11.8. The molecule has 0 heterocycles. The highest BCUT2D eigenvalue weighted by Gasteiger charge is 2.19. The van der Waals surface area contributed by atoms with Gasteiger partial charge in [-0.25, -0.2) is 0 Å². The van der Waals surface area contributed by atoms with Crippen LogP contribution in [0, 0.1) is 0 Å². The Kier molecular flexibility index (Phi) is 5.98. The van der Waals surface area contributed by atoms with Crippen LogP contribution in [0.3, 0.4) is 0 Å². The summed E-state index contributed by atoms with van der Waals surface area (Å²) < 4.78 is 5.08. The van der Waals surface area contributed by atoms with Crippen molar-refractivity contribution in [2.24, 2.45) is 0 Å². The quantitative estimate of drug-likeness (QED) is 0.593. The van der Waals surface area contributed by atoms with Gasteiger partial charge in [0.1, 0.15) is 0 Å². The van der Waals surface area contributed by atoms with Crippen LogP contribution >= 0.6 is 0 Å². The van der Waals surface area contributed by atoms with Gasteiger partial charge in [-0.2, -0.15) is 0 Å². The second-order valence-electron chi connectivity index (χ2n) is 4.00. The molecule has 3 nitrogen and oxygen atoms in total. The van der Waals surface area contributed by atoms with Crippen molar-refractivity contribution in [2.45, 2.75) is 26.2 Å². The van der Waals surface area contributed by atoms with E-state index in [0.717, 1.165) is 24.2 Å². The smallest absolute Gasteiger partial charge is 0.313 e. The van der Waals surface area contributed by atoms with Crippen molar-refractivity contribution in [3.05, 3.63) is 42.5 Å². The summed E-state index contributed by atoms with van der Waals surface area (Å²) in [6.45, 7) is 8.63. The second-order valence-corrected chi connectivity index (χ2v) is 4.00. The number of anilines is 1. The minimum absolute atomic E-state index is 0.146. The molecule has 18 heavy (non-hydrogen) atoms. The minimum Gasteiger partial charge on any atom is -0.466 e. The molecule has 1 aromatic carbocycles. The summed E-state index contributed by atoms with van der Waals surface area (Å²) in [5, 5.41) is 3.20. The molecule has 1 unspecified atom stereocenters. The van der Waals surface area contributed by atoms with Crippen molar-refractivity contribution < 1.29 is 9.53 Å². The van der Waals surface area contributed by atoms with Gasteiger partial charge in [-0.05, 0) is 31.0 Å². The summed E-state index contributed by atoms with van der Waals surface area (Å²) in [5.74, 6) is -0.315. The van der Waals surface area contributed by atoms with E-state index in [0.29, 0.717) is 6.61 Å². The van der Waals surface area contributed by atoms with Crippen LogP contribution in [-0.2, 0) is 9.53 Å². The molecule has 98 valence electrons. The van der Waals surface area contributed by atoms with E-state index in [1.807, 2.05) is 38.1 Å². The van der Waals surface area contributed by atoms with Crippen LogP contribution in [0.1, 0.15) is 31.7 Å². The van der Waals surface area contributed by atoms with Crippen molar-refractivity contribution in [1.82, 2.24) is 0 Å². The number of esters is 1. The molecule has 0 radical (unpaired) electrons. The number of ether oxygens (including phenoxy) is 1. The minimum atomic E-state index is -0.168. The van der Waals surface area contributed by atoms with Gasteiger partial charge in [0.25, 0.3) is 0 Å². The third kappa shape index (κ3) is 3.91. The lowest BCUT2D eigenvalue weighted by Gasteiger charge is -2.14. The zero-order valence-corrected chi connectivity index (χ0v) is 11.1. The molecule has 0 amide bonds. The molecule has 0 saturated carbocycles. The summed E-state index contributed by atoms with van der Waals surface area (Å²) in [7, 11) is 0. The fraction of sp³-hybridized carbons (Fsp3) is 0.400. The molecule has 0 spiro atoms. The van der Waals surface area contributed by atoms with Crippen molar-refractivity contribution in [3.8, 4) is 0 Å². The fourth-order valence-corrected chi connectivity index (χ4v) is 1.80. The first-order chi connectivity index (χ1) is 8.72. The van der Waals surface area contributed by atoms with Crippen LogP contribution in [-0.4, -0.2) is 19.1 Å². The van der Waals surface area contributed by atoms with Crippen molar-refractivity contribution in [1.29, 1.82) is 0 Å². The van der Waals surface area contributed by atoms with E-state index in [-0.39, 0.29) is 11.9 Å². The van der Waals surface area contributed by atoms with Crippen LogP contribution < -0.4 is 5.32 Å². The van der Waals surface area contributed by atoms with E-state index in [1.54, 1.807) is 6.08 Å². The van der Waals surface area contributed by atoms with E-state index in [4.69, 9.17) is 4.74 Å². The van der Waals surface area contributed by atoms with E-state index in [1.165, 1.54) is 0 Å². The zero-order chi connectivity index (χ0) is 13.4. The highest BCUT2D eigenvalue weighted by atomic mass is 16.5. The molecule has 0 aromatic heterocycles. The molecule has 0 aliphatic carbocycles. The summed E-state index contributed by atoms with van der Waals surface area (Å²) >= 11 is 0. The van der Waals surface area contributed by atoms with Crippen LogP contribution in [0.25, 0.3) is 0 Å². The van der Waals surface area contributed by atoms with E-state index in [2.05, 4.69) is 11.9 Å². The zero-order valence-electron chi connectivity index (χ0n) is 11.1. The van der Waals surface area contributed by atoms with Gasteiger partial charge >= 0.3 is 5.97 Å². The van der Waals surface area contributed by atoms with Crippen molar-refractivity contribution in [3.63, 3.8) is 0 Å². The number of rotatable bonds is 7. The Hall–Kier alpha value is -1.77. The molecule has 0 aliphatic rings. The molecule has 1 N–H and O–H groups in total. The van der Waals surface area contributed by atoms with Crippen LogP contribution in [0.5, 0.6) is 0 Å². The van der Waals surface area contributed by atoms with Gasteiger partial charge in [0.05, 0.1) is 12.5 Å². The van der Waals surface area contributed by atoms with Gasteiger partial charge in [-0.3, -0.25) is 4.79 Å². The lowest BCUT2D eigenvalue weighted by molar-refractivity contribution is -0.145. The first-order valence-electron chi connectivity index (χ1n) is 6.34. The maximum absolute atomic E-state index is 11.8. The van der Waals surface area contributed by atoms with Gasteiger partial charge in [0.2, 0.25) is 0 Å². The molecular weight excluding hydrogens is 226 g/mol.